The molecule has 2 N–H and O–H groups in total. The Morgan fingerprint density at radius 1 is 0.857 bits per heavy atom. The Balaban J connectivity index is 0.00000140. The van der Waals surface area contributed by atoms with Crippen molar-refractivity contribution in [1.82, 2.24) is 4.98 Å². The Bertz CT molecular complexity index is 1080. The van der Waals surface area contributed by atoms with Crippen LogP contribution in [0.4, 0.5) is 5.69 Å². The summed E-state index contributed by atoms with van der Waals surface area (Å²) < 4.78 is 0. The zero-order valence-corrected chi connectivity index (χ0v) is 19.6. The van der Waals surface area contributed by atoms with Crippen LogP contribution in [0.3, 0.4) is 0 Å². The summed E-state index contributed by atoms with van der Waals surface area (Å²) >= 11 is 0. The molecule has 0 unspecified atom stereocenters. The second-order valence-corrected chi connectivity index (χ2v) is 6.16. The fourth-order valence-electron chi connectivity index (χ4n) is 3.31. The molecule has 6 nitrogen and oxygen atoms in total. The molecule has 0 saturated heterocycles. The van der Waals surface area contributed by atoms with E-state index in [2.05, 4.69) is 9.98 Å². The van der Waals surface area contributed by atoms with Gasteiger partial charge in [-0.05, 0) is 18.2 Å². The van der Waals surface area contributed by atoms with Gasteiger partial charge < -0.3 is 10.2 Å². The maximum absolute atomic E-state index is 12.0. The first-order valence-corrected chi connectivity index (χ1v) is 8.02. The number of hydrogen-bond donors (Lipinski definition) is 2. The van der Waals surface area contributed by atoms with Crippen LogP contribution in [-0.2, 0) is 15.0 Å². The van der Waals surface area contributed by atoms with Crippen molar-refractivity contribution < 1.29 is 19.8 Å². The predicted molar refractivity (Wildman–Crippen MR) is 107 cm³/mol. The normalized spacial score (nSPS) is 14.1. The SMILES string of the molecule is O=C(O)C1(C(=O)O)CC(c2ccc3ccccc3n2)=Nc2ccccc21.[Na].[Na]. The predicted octanol–water partition coefficient (Wildman–Crippen LogP) is 2.40. The summed E-state index contributed by atoms with van der Waals surface area (Å²) in [5.74, 6) is -2.82. The van der Waals surface area contributed by atoms with Gasteiger partial charge in [0.15, 0.2) is 5.41 Å². The summed E-state index contributed by atoms with van der Waals surface area (Å²) in [5.41, 5.74) is 0.00580. The van der Waals surface area contributed by atoms with Crippen LogP contribution in [0.5, 0.6) is 0 Å². The van der Waals surface area contributed by atoms with E-state index in [0.717, 1.165) is 10.9 Å². The first-order valence-electron chi connectivity index (χ1n) is 8.02. The molecule has 130 valence electrons. The molecule has 0 aliphatic carbocycles. The van der Waals surface area contributed by atoms with Gasteiger partial charge in [0.05, 0.1) is 22.6 Å². The second-order valence-electron chi connectivity index (χ2n) is 6.16. The maximum Gasteiger partial charge on any atom is 0.326 e. The van der Waals surface area contributed by atoms with Crippen LogP contribution in [0.15, 0.2) is 65.7 Å². The summed E-state index contributed by atoms with van der Waals surface area (Å²) in [7, 11) is 0. The van der Waals surface area contributed by atoms with Crippen LogP contribution in [0.2, 0.25) is 0 Å². The quantitative estimate of drug-likeness (QED) is 0.527. The Kier molecular flexibility index (Phi) is 7.20. The molecule has 0 fully saturated rings. The van der Waals surface area contributed by atoms with Crippen molar-refractivity contribution in [3.8, 4) is 0 Å². The number of aliphatic carboxylic acids is 2. The van der Waals surface area contributed by atoms with Crippen LogP contribution in [0.1, 0.15) is 17.7 Å². The molecular formula is C20H14N2Na2O4. The first kappa shape index (κ1) is 22.7. The number of aliphatic imine (C=N–C) groups is 1. The molecule has 1 aliphatic heterocycles. The number of nitrogens with zero attached hydrogens (tertiary/aromatic N) is 2. The molecule has 0 atom stereocenters. The van der Waals surface area contributed by atoms with E-state index in [9.17, 15) is 19.8 Å². The number of aromatic nitrogens is 1. The van der Waals surface area contributed by atoms with Gasteiger partial charge in [0.2, 0.25) is 0 Å². The van der Waals surface area contributed by atoms with Crippen LogP contribution in [0, 0.1) is 0 Å². The Hall–Kier alpha value is -1.54. The van der Waals surface area contributed by atoms with Gasteiger partial charge in [-0.25, -0.2) is 4.98 Å². The number of fused-ring (bicyclic) bond motifs is 2. The van der Waals surface area contributed by atoms with Crippen molar-refractivity contribution in [3.05, 3.63) is 71.9 Å². The van der Waals surface area contributed by atoms with Crippen molar-refractivity contribution in [3.63, 3.8) is 0 Å². The van der Waals surface area contributed by atoms with Crippen molar-refractivity contribution in [2.24, 2.45) is 4.99 Å². The number of hydrogen-bond acceptors (Lipinski definition) is 4. The van der Waals surface area contributed by atoms with Gasteiger partial charge in [-0.15, -0.1) is 0 Å². The topological polar surface area (TPSA) is 99.8 Å². The van der Waals surface area contributed by atoms with Gasteiger partial charge in [0, 0.05) is 76.5 Å². The Morgan fingerprint density at radius 3 is 2.21 bits per heavy atom. The minimum Gasteiger partial charge on any atom is -0.480 e. The van der Waals surface area contributed by atoms with Crippen molar-refractivity contribution in [1.29, 1.82) is 0 Å². The third-order valence-electron chi connectivity index (χ3n) is 4.68. The van der Waals surface area contributed by atoms with E-state index in [1.165, 1.54) is 6.07 Å². The van der Waals surface area contributed by atoms with E-state index in [-0.39, 0.29) is 71.1 Å². The standard InChI is InChI=1S/C20H14N2O4.2Na/c23-18(24)20(19(25)26)11-17(22-15-8-4-2-6-13(15)20)16-10-9-12-5-1-3-7-14(12)21-16;;/h1-10H,11H2,(H,23,24)(H,25,26);;. The Morgan fingerprint density at radius 2 is 1.50 bits per heavy atom. The molecule has 0 bridgehead atoms. The number of carbonyl (C=O) groups is 2. The average Bonchev–Trinajstić information content (AvgIpc) is 2.66. The average molecular weight is 392 g/mol. The minimum atomic E-state index is -2.08. The van der Waals surface area contributed by atoms with Gasteiger partial charge >= 0.3 is 11.9 Å². The van der Waals surface area contributed by atoms with Gasteiger partial charge in [-0.3, -0.25) is 14.6 Å². The third-order valence-corrected chi connectivity index (χ3v) is 4.68. The van der Waals surface area contributed by atoms with E-state index in [1.807, 2.05) is 30.3 Å². The third kappa shape index (κ3) is 3.68. The van der Waals surface area contributed by atoms with Crippen LogP contribution >= 0.6 is 0 Å². The van der Waals surface area contributed by atoms with E-state index < -0.39 is 17.4 Å². The molecule has 0 amide bonds. The largest absolute Gasteiger partial charge is 0.480 e. The molecule has 1 aliphatic rings. The van der Waals surface area contributed by atoms with E-state index in [1.54, 1.807) is 24.3 Å². The van der Waals surface area contributed by atoms with E-state index >= 15 is 0 Å². The summed E-state index contributed by atoms with van der Waals surface area (Å²) in [4.78, 5) is 33.1. The molecule has 2 heterocycles. The number of rotatable bonds is 3. The fraction of sp³-hybridized carbons (Fsp3) is 0.100. The molecule has 1 aromatic heterocycles. The molecule has 0 saturated carbocycles. The molecule has 8 heteroatoms. The van der Waals surface area contributed by atoms with Crippen molar-refractivity contribution >= 4 is 93.4 Å². The fourth-order valence-corrected chi connectivity index (χ4v) is 3.31. The number of carboxylic acid groups (broad SMARTS) is 2. The minimum absolute atomic E-state index is 0. The summed E-state index contributed by atoms with van der Waals surface area (Å²) in [6.45, 7) is 0. The molecule has 3 aromatic rings. The number of para-hydroxylation sites is 2. The van der Waals surface area contributed by atoms with Crippen LogP contribution in [0.25, 0.3) is 10.9 Å². The molecular weight excluding hydrogens is 378 g/mol. The molecule has 2 radical (unpaired) electrons. The molecule has 0 spiro atoms. The molecule has 4 rings (SSSR count). The van der Waals surface area contributed by atoms with E-state index in [4.69, 9.17) is 0 Å². The van der Waals surface area contributed by atoms with Gasteiger partial charge in [-0.2, -0.15) is 0 Å². The summed E-state index contributed by atoms with van der Waals surface area (Å²) in [6, 6.07) is 17.6. The molecule has 28 heavy (non-hydrogen) atoms. The molecule has 2 aromatic carbocycles. The number of carboxylic acids is 2. The van der Waals surface area contributed by atoms with Crippen LogP contribution in [-0.4, -0.2) is 92.0 Å². The maximum atomic E-state index is 12.0. The van der Waals surface area contributed by atoms with Crippen LogP contribution < -0.4 is 0 Å². The first-order chi connectivity index (χ1) is 12.5. The number of benzene rings is 2. The second kappa shape index (κ2) is 8.86. The smallest absolute Gasteiger partial charge is 0.326 e. The number of pyridine rings is 1. The van der Waals surface area contributed by atoms with Gasteiger partial charge in [0.25, 0.3) is 0 Å². The summed E-state index contributed by atoms with van der Waals surface area (Å²) in [5, 5.41) is 20.5. The van der Waals surface area contributed by atoms with Crippen molar-refractivity contribution in [2.45, 2.75) is 11.8 Å². The zero-order chi connectivity index (χ0) is 18.3. The monoisotopic (exact) mass is 392 g/mol. The Labute approximate surface area is 205 Å². The van der Waals surface area contributed by atoms with E-state index in [0.29, 0.717) is 17.1 Å². The van der Waals surface area contributed by atoms with Crippen molar-refractivity contribution in [2.75, 3.05) is 0 Å². The summed E-state index contributed by atoms with van der Waals surface area (Å²) in [6.07, 6.45) is -0.264. The van der Waals surface area contributed by atoms with Gasteiger partial charge in [0.1, 0.15) is 0 Å². The zero-order valence-electron chi connectivity index (χ0n) is 15.6. The van der Waals surface area contributed by atoms with Gasteiger partial charge in [-0.1, -0.05) is 42.5 Å².